The quantitative estimate of drug-likeness (QED) is 0.332. The van der Waals surface area contributed by atoms with Crippen LogP contribution in [0.25, 0.3) is 10.9 Å². The monoisotopic (exact) mass is 490 g/mol. The van der Waals surface area contributed by atoms with Crippen molar-refractivity contribution in [3.63, 3.8) is 0 Å². The lowest BCUT2D eigenvalue weighted by molar-refractivity contribution is -0.159. The number of carboxylic acid groups (broad SMARTS) is 2. The first kappa shape index (κ1) is 25.5. The highest BCUT2D eigenvalue weighted by atomic mass is 35.5. The number of hydrogen-bond donors (Lipinski definition) is 5. The van der Waals surface area contributed by atoms with Crippen molar-refractivity contribution >= 4 is 34.4 Å². The van der Waals surface area contributed by atoms with Gasteiger partial charge in [0.25, 0.3) is 0 Å². The van der Waals surface area contributed by atoms with E-state index < -0.39 is 23.6 Å². The molecule has 0 radical (unpaired) electrons. The Morgan fingerprint density at radius 2 is 1.71 bits per heavy atom. The van der Waals surface area contributed by atoms with Gasteiger partial charge in [0.2, 0.25) is 0 Å². The number of rotatable bonds is 6. The number of likely N-dealkylation sites (tertiary alicyclic amines) is 1. The van der Waals surface area contributed by atoms with Crippen LogP contribution in [0, 0.1) is 0 Å². The number of fused-ring (bicyclic) bond motifs is 1. The Morgan fingerprint density at radius 3 is 2.32 bits per heavy atom. The number of aliphatic hydroxyl groups excluding tert-OH is 1. The Bertz CT molecular complexity index is 1100. The maximum absolute atomic E-state index is 11.0. The first-order valence-corrected chi connectivity index (χ1v) is 11.1. The van der Waals surface area contributed by atoms with Crippen LogP contribution in [0.1, 0.15) is 18.4 Å². The molecule has 9 nitrogen and oxygen atoms in total. The van der Waals surface area contributed by atoms with Gasteiger partial charge >= 0.3 is 11.9 Å². The van der Waals surface area contributed by atoms with Crippen LogP contribution < -0.4 is 4.74 Å². The van der Waals surface area contributed by atoms with Crippen molar-refractivity contribution in [2.24, 2.45) is 0 Å². The van der Waals surface area contributed by atoms with E-state index in [2.05, 4.69) is 9.88 Å². The molecule has 2 aromatic carbocycles. The number of aliphatic carboxylic acids is 2. The minimum atomic E-state index is -1.82. The predicted molar refractivity (Wildman–Crippen MR) is 126 cm³/mol. The molecule has 182 valence electrons. The van der Waals surface area contributed by atoms with Crippen molar-refractivity contribution in [2.75, 3.05) is 26.2 Å². The number of aromatic amines is 1. The molecule has 0 aliphatic carbocycles. The molecule has 1 atom stereocenters. The van der Waals surface area contributed by atoms with Gasteiger partial charge in [0.05, 0.1) is 5.60 Å². The Labute approximate surface area is 201 Å². The number of aromatic nitrogens is 1. The summed E-state index contributed by atoms with van der Waals surface area (Å²) in [6.07, 6.45) is 2.55. The Balaban J connectivity index is 0.000000481. The van der Waals surface area contributed by atoms with E-state index in [1.807, 2.05) is 54.7 Å². The number of nitrogens with one attached hydrogen (secondary N) is 1. The van der Waals surface area contributed by atoms with Crippen molar-refractivity contribution in [1.29, 1.82) is 0 Å². The molecule has 1 fully saturated rings. The molecule has 5 N–H and O–H groups in total. The smallest absolute Gasteiger partial charge is 0.414 e. The number of carboxylic acids is 2. The number of benzene rings is 2. The third kappa shape index (κ3) is 6.71. The Morgan fingerprint density at radius 1 is 1.06 bits per heavy atom. The average molecular weight is 491 g/mol. The maximum atomic E-state index is 11.0. The molecular weight excluding hydrogens is 464 g/mol. The van der Waals surface area contributed by atoms with Crippen molar-refractivity contribution in [1.82, 2.24) is 9.88 Å². The van der Waals surface area contributed by atoms with Gasteiger partial charge in [-0.15, -0.1) is 0 Å². The Hall–Kier alpha value is -3.11. The fourth-order valence-corrected chi connectivity index (χ4v) is 4.00. The molecule has 4 rings (SSSR count). The van der Waals surface area contributed by atoms with Crippen molar-refractivity contribution in [2.45, 2.75) is 24.5 Å². The van der Waals surface area contributed by atoms with Gasteiger partial charge in [-0.1, -0.05) is 29.8 Å². The molecule has 1 saturated heterocycles. The highest BCUT2D eigenvalue weighted by Gasteiger charge is 2.34. The highest BCUT2D eigenvalue weighted by molar-refractivity contribution is 6.30. The molecule has 0 saturated carbocycles. The standard InChI is InChI=1S/C22H25ClN2O3.C2H2O4/c23-17-6-4-16(5-7-17)22(27)9-12-25(13-10-22)14-18(26)15-28-21-3-1-2-20-19(21)8-11-24-20;3-1(4)2(5)6/h1-8,11,18,24,26-27H,9-10,12-15H2;(H,3,4)(H,5,6)/t18-;/m0./s1. The van der Waals surface area contributed by atoms with Crippen molar-refractivity contribution in [3.8, 4) is 5.75 Å². The van der Waals surface area contributed by atoms with Crippen LogP contribution in [0.5, 0.6) is 5.75 Å². The van der Waals surface area contributed by atoms with Crippen molar-refractivity contribution in [3.05, 3.63) is 65.3 Å². The molecule has 34 heavy (non-hydrogen) atoms. The summed E-state index contributed by atoms with van der Waals surface area (Å²) < 4.78 is 5.84. The summed E-state index contributed by atoms with van der Waals surface area (Å²) in [6.45, 7) is 2.22. The minimum absolute atomic E-state index is 0.238. The van der Waals surface area contributed by atoms with Gasteiger partial charge in [0.15, 0.2) is 0 Å². The number of carbonyl (C=O) groups is 2. The fraction of sp³-hybridized carbons (Fsp3) is 0.333. The first-order valence-electron chi connectivity index (χ1n) is 10.7. The van der Waals surface area contributed by atoms with Gasteiger partial charge in [0, 0.05) is 41.8 Å². The zero-order valence-corrected chi connectivity index (χ0v) is 19.1. The summed E-state index contributed by atoms with van der Waals surface area (Å²) in [4.78, 5) is 23.5. The fourth-order valence-electron chi connectivity index (χ4n) is 3.87. The summed E-state index contributed by atoms with van der Waals surface area (Å²) in [6, 6.07) is 15.2. The summed E-state index contributed by atoms with van der Waals surface area (Å²) in [5.41, 5.74) is 1.09. The van der Waals surface area contributed by atoms with E-state index in [0.29, 0.717) is 24.4 Å². The lowest BCUT2D eigenvalue weighted by Gasteiger charge is -2.39. The van der Waals surface area contributed by atoms with E-state index in [1.54, 1.807) is 0 Å². The number of ether oxygens (including phenoxy) is 1. The van der Waals surface area contributed by atoms with Crippen LogP contribution in [0.4, 0.5) is 0 Å². The molecule has 3 aromatic rings. The van der Waals surface area contributed by atoms with Crippen LogP contribution in [0.15, 0.2) is 54.7 Å². The van der Waals surface area contributed by atoms with Crippen LogP contribution in [-0.2, 0) is 15.2 Å². The normalized spacial score (nSPS) is 16.3. The van der Waals surface area contributed by atoms with Gasteiger partial charge in [-0.25, -0.2) is 9.59 Å². The van der Waals surface area contributed by atoms with E-state index in [1.165, 1.54) is 0 Å². The zero-order chi connectivity index (χ0) is 24.7. The molecule has 0 unspecified atom stereocenters. The lowest BCUT2D eigenvalue weighted by atomic mass is 9.84. The SMILES string of the molecule is O=C(O)C(=O)O.O[C@H](COc1cccc2[nH]ccc12)CN1CCC(O)(c2ccc(Cl)cc2)CC1. The number of aliphatic hydroxyl groups is 2. The van der Waals surface area contributed by atoms with Gasteiger partial charge in [-0.2, -0.15) is 0 Å². The zero-order valence-electron chi connectivity index (χ0n) is 18.4. The van der Waals surface area contributed by atoms with Gasteiger partial charge < -0.3 is 35.0 Å². The van der Waals surface area contributed by atoms with Gasteiger partial charge in [-0.3, -0.25) is 0 Å². The number of hydrogen-bond acceptors (Lipinski definition) is 6. The van der Waals surface area contributed by atoms with E-state index in [0.717, 1.165) is 35.3 Å². The number of nitrogens with zero attached hydrogens (tertiary/aromatic N) is 1. The summed E-state index contributed by atoms with van der Waals surface area (Å²) >= 11 is 5.94. The summed E-state index contributed by atoms with van der Waals surface area (Å²) in [5.74, 6) is -2.88. The molecule has 0 amide bonds. The topological polar surface area (TPSA) is 143 Å². The first-order chi connectivity index (χ1) is 16.2. The van der Waals surface area contributed by atoms with Gasteiger partial charge in [0.1, 0.15) is 18.5 Å². The van der Waals surface area contributed by atoms with E-state index in [4.69, 9.17) is 36.1 Å². The van der Waals surface area contributed by atoms with E-state index >= 15 is 0 Å². The Kier molecular flexibility index (Phi) is 8.51. The highest BCUT2D eigenvalue weighted by Crippen LogP contribution is 2.33. The molecule has 1 aromatic heterocycles. The maximum Gasteiger partial charge on any atom is 0.414 e. The van der Waals surface area contributed by atoms with E-state index in [9.17, 15) is 10.2 Å². The summed E-state index contributed by atoms with van der Waals surface area (Å²) in [7, 11) is 0. The molecule has 0 bridgehead atoms. The molecule has 1 aliphatic heterocycles. The second kappa shape index (κ2) is 11.3. The molecule has 0 spiro atoms. The minimum Gasteiger partial charge on any atom is -0.490 e. The number of H-pyrrole nitrogens is 1. The third-order valence-electron chi connectivity index (χ3n) is 5.70. The lowest BCUT2D eigenvalue weighted by Crippen LogP contribution is -2.46. The predicted octanol–water partition coefficient (Wildman–Crippen LogP) is 2.70. The van der Waals surface area contributed by atoms with E-state index in [-0.39, 0.29) is 6.61 Å². The van der Waals surface area contributed by atoms with Crippen LogP contribution in [0.2, 0.25) is 5.02 Å². The van der Waals surface area contributed by atoms with Crippen LogP contribution in [-0.4, -0.2) is 74.6 Å². The number of piperidine rings is 1. The largest absolute Gasteiger partial charge is 0.490 e. The van der Waals surface area contributed by atoms with Gasteiger partial charge in [-0.05, 0) is 48.7 Å². The number of β-amino-alcohol motifs (C(OH)–C–C–N with tert-alkyl or cyclic N) is 1. The molecule has 1 aliphatic rings. The molecular formula is C24H27ClN2O7. The molecule has 10 heteroatoms. The number of halogens is 1. The second-order valence-electron chi connectivity index (χ2n) is 8.11. The van der Waals surface area contributed by atoms with Crippen LogP contribution >= 0.6 is 11.6 Å². The molecule has 2 heterocycles. The summed E-state index contributed by atoms with van der Waals surface area (Å²) in [5, 5.41) is 37.8. The second-order valence-corrected chi connectivity index (χ2v) is 8.55. The van der Waals surface area contributed by atoms with Crippen LogP contribution in [0.3, 0.4) is 0 Å². The van der Waals surface area contributed by atoms with Crippen molar-refractivity contribution < 1.29 is 34.8 Å². The third-order valence-corrected chi connectivity index (χ3v) is 5.95. The average Bonchev–Trinajstić information content (AvgIpc) is 3.30.